The number of methoxy groups -OCH3 is 1. The van der Waals surface area contributed by atoms with E-state index < -0.39 is 39.1 Å². The van der Waals surface area contributed by atoms with Gasteiger partial charge in [0, 0.05) is 6.54 Å². The van der Waals surface area contributed by atoms with E-state index in [1.807, 2.05) is 6.07 Å². The standard InChI is InChI=1S/C23H21N3O8S/c1-33-18-10-11-20(21(13-18)26(29)30)25-22(27)15-34-23(28)17-8-5-9-19(12-17)35(31,32)24-14-16-6-3-2-4-7-16/h2-13,24H,14-15H2,1H3,(H,25,27). The summed E-state index contributed by atoms with van der Waals surface area (Å²) in [5.74, 6) is -1.53. The highest BCUT2D eigenvalue weighted by molar-refractivity contribution is 7.89. The number of sulfonamides is 1. The Labute approximate surface area is 200 Å². The van der Waals surface area contributed by atoms with Gasteiger partial charge in [-0.2, -0.15) is 0 Å². The SMILES string of the molecule is COc1ccc(NC(=O)COC(=O)c2cccc(S(=O)(=O)NCc3ccccc3)c2)c([N+](=O)[O-])c1. The number of esters is 1. The van der Waals surface area contributed by atoms with Crippen molar-refractivity contribution in [3.05, 3.63) is 94.0 Å². The van der Waals surface area contributed by atoms with Gasteiger partial charge in [0.05, 0.1) is 28.6 Å². The van der Waals surface area contributed by atoms with E-state index in [1.165, 1.54) is 37.4 Å². The van der Waals surface area contributed by atoms with Gasteiger partial charge in [-0.3, -0.25) is 14.9 Å². The van der Waals surface area contributed by atoms with Crippen LogP contribution in [0.5, 0.6) is 5.75 Å². The van der Waals surface area contributed by atoms with Crippen molar-refractivity contribution < 1.29 is 32.4 Å². The first-order chi connectivity index (χ1) is 16.7. The zero-order valence-electron chi connectivity index (χ0n) is 18.5. The maximum Gasteiger partial charge on any atom is 0.338 e. The molecule has 3 rings (SSSR count). The number of nitro groups is 1. The number of carbonyl (C=O) groups excluding carboxylic acids is 2. The smallest absolute Gasteiger partial charge is 0.338 e. The molecule has 0 unspecified atom stereocenters. The van der Waals surface area contributed by atoms with E-state index in [0.29, 0.717) is 0 Å². The summed E-state index contributed by atoms with van der Waals surface area (Å²) in [6.45, 7) is -0.680. The molecule has 0 aliphatic rings. The minimum atomic E-state index is -3.92. The Balaban J connectivity index is 1.62. The Morgan fingerprint density at radius 1 is 1.00 bits per heavy atom. The van der Waals surface area contributed by atoms with Crippen LogP contribution < -0.4 is 14.8 Å². The summed E-state index contributed by atoms with van der Waals surface area (Å²) in [6, 6.07) is 17.9. The number of anilines is 1. The first-order valence-electron chi connectivity index (χ1n) is 10.1. The van der Waals surface area contributed by atoms with Gasteiger partial charge in [-0.25, -0.2) is 17.9 Å². The second-order valence-electron chi connectivity index (χ2n) is 7.10. The van der Waals surface area contributed by atoms with Crippen LogP contribution in [0.15, 0.2) is 77.7 Å². The van der Waals surface area contributed by atoms with E-state index in [-0.39, 0.29) is 28.4 Å². The third-order valence-corrected chi connectivity index (χ3v) is 6.10. The minimum Gasteiger partial charge on any atom is -0.496 e. The normalized spacial score (nSPS) is 10.9. The van der Waals surface area contributed by atoms with Crippen LogP contribution in [0.4, 0.5) is 11.4 Å². The van der Waals surface area contributed by atoms with Gasteiger partial charge in [-0.1, -0.05) is 36.4 Å². The molecule has 0 atom stereocenters. The van der Waals surface area contributed by atoms with Crippen molar-refractivity contribution in [1.82, 2.24) is 4.72 Å². The Morgan fingerprint density at radius 3 is 2.43 bits per heavy atom. The van der Waals surface area contributed by atoms with Crippen LogP contribution in [-0.4, -0.2) is 38.9 Å². The van der Waals surface area contributed by atoms with Crippen molar-refractivity contribution >= 4 is 33.3 Å². The van der Waals surface area contributed by atoms with Crippen molar-refractivity contribution in [1.29, 1.82) is 0 Å². The highest BCUT2D eigenvalue weighted by Crippen LogP contribution is 2.28. The number of ether oxygens (including phenoxy) is 2. The van der Waals surface area contributed by atoms with Crippen LogP contribution in [0.2, 0.25) is 0 Å². The van der Waals surface area contributed by atoms with Crippen LogP contribution >= 0.6 is 0 Å². The zero-order chi connectivity index (χ0) is 25.4. The molecule has 182 valence electrons. The maximum atomic E-state index is 12.6. The number of rotatable bonds is 10. The first kappa shape index (κ1) is 25.3. The van der Waals surface area contributed by atoms with E-state index in [2.05, 4.69) is 10.0 Å². The van der Waals surface area contributed by atoms with Crippen LogP contribution in [0, 0.1) is 10.1 Å². The molecule has 3 aromatic carbocycles. The van der Waals surface area contributed by atoms with E-state index in [9.17, 15) is 28.1 Å². The molecule has 0 spiro atoms. The molecule has 0 radical (unpaired) electrons. The molecular formula is C23H21N3O8S. The highest BCUT2D eigenvalue weighted by atomic mass is 32.2. The highest BCUT2D eigenvalue weighted by Gasteiger charge is 2.20. The lowest BCUT2D eigenvalue weighted by Gasteiger charge is -2.10. The minimum absolute atomic E-state index is 0.0650. The third kappa shape index (κ3) is 6.85. The maximum absolute atomic E-state index is 12.6. The molecule has 0 saturated carbocycles. The fourth-order valence-corrected chi connectivity index (χ4v) is 4.01. The summed E-state index contributed by atoms with van der Waals surface area (Å²) in [4.78, 5) is 34.9. The predicted molar refractivity (Wildman–Crippen MR) is 125 cm³/mol. The predicted octanol–water partition coefficient (Wildman–Crippen LogP) is 2.88. The van der Waals surface area contributed by atoms with Crippen molar-refractivity contribution in [2.24, 2.45) is 0 Å². The summed E-state index contributed by atoms with van der Waals surface area (Å²) in [6.07, 6.45) is 0. The van der Waals surface area contributed by atoms with Crippen LogP contribution in [0.1, 0.15) is 15.9 Å². The van der Waals surface area contributed by atoms with Crippen LogP contribution in [0.25, 0.3) is 0 Å². The van der Waals surface area contributed by atoms with Gasteiger partial charge in [-0.15, -0.1) is 0 Å². The molecule has 0 aromatic heterocycles. The number of nitrogens with zero attached hydrogens (tertiary/aromatic N) is 1. The summed E-state index contributed by atoms with van der Waals surface area (Å²) < 4.78 is 37.5. The summed E-state index contributed by atoms with van der Waals surface area (Å²) in [5, 5.41) is 13.5. The number of carbonyl (C=O) groups is 2. The van der Waals surface area contributed by atoms with Gasteiger partial charge in [0.2, 0.25) is 10.0 Å². The van der Waals surface area contributed by atoms with Gasteiger partial charge < -0.3 is 14.8 Å². The molecule has 3 aromatic rings. The lowest BCUT2D eigenvalue weighted by atomic mass is 10.2. The summed E-state index contributed by atoms with van der Waals surface area (Å²) in [7, 11) is -2.57. The molecule has 0 aliphatic carbocycles. The molecule has 0 heterocycles. The second-order valence-corrected chi connectivity index (χ2v) is 8.87. The molecule has 2 N–H and O–H groups in total. The molecule has 0 fully saturated rings. The van der Waals surface area contributed by atoms with E-state index in [0.717, 1.165) is 17.7 Å². The number of amides is 1. The van der Waals surface area contributed by atoms with E-state index in [1.54, 1.807) is 24.3 Å². The Hall–Kier alpha value is -4.29. The number of hydrogen-bond donors (Lipinski definition) is 2. The molecule has 1 amide bonds. The van der Waals surface area contributed by atoms with Gasteiger partial charge in [0.1, 0.15) is 11.4 Å². The van der Waals surface area contributed by atoms with Crippen LogP contribution in [-0.2, 0) is 26.1 Å². The van der Waals surface area contributed by atoms with Crippen molar-refractivity contribution in [3.63, 3.8) is 0 Å². The lowest BCUT2D eigenvalue weighted by Crippen LogP contribution is -2.24. The molecule has 0 bridgehead atoms. The van der Waals surface area contributed by atoms with Gasteiger partial charge >= 0.3 is 5.97 Å². The average molecular weight is 500 g/mol. The van der Waals surface area contributed by atoms with Crippen molar-refractivity contribution in [2.45, 2.75) is 11.4 Å². The van der Waals surface area contributed by atoms with E-state index >= 15 is 0 Å². The molecule has 12 heteroatoms. The molecule has 35 heavy (non-hydrogen) atoms. The largest absolute Gasteiger partial charge is 0.496 e. The molecule has 0 aliphatic heterocycles. The Kier molecular flexibility index (Phi) is 8.12. The topological polar surface area (TPSA) is 154 Å². The molecule has 0 saturated heterocycles. The zero-order valence-corrected chi connectivity index (χ0v) is 19.3. The Morgan fingerprint density at radius 2 is 1.74 bits per heavy atom. The van der Waals surface area contributed by atoms with Crippen LogP contribution in [0.3, 0.4) is 0 Å². The molecular weight excluding hydrogens is 478 g/mol. The van der Waals surface area contributed by atoms with Gasteiger partial charge in [-0.05, 0) is 35.9 Å². The number of nitrogens with one attached hydrogen (secondary N) is 2. The summed E-state index contributed by atoms with van der Waals surface area (Å²) >= 11 is 0. The first-order valence-corrected chi connectivity index (χ1v) is 11.6. The second kappa shape index (κ2) is 11.2. The summed E-state index contributed by atoms with van der Waals surface area (Å²) in [5.41, 5.74) is 0.171. The van der Waals surface area contributed by atoms with E-state index in [4.69, 9.17) is 9.47 Å². The van der Waals surface area contributed by atoms with Crippen molar-refractivity contribution in [2.75, 3.05) is 19.0 Å². The van der Waals surface area contributed by atoms with Gasteiger partial charge in [0.15, 0.2) is 6.61 Å². The van der Waals surface area contributed by atoms with Gasteiger partial charge in [0.25, 0.3) is 11.6 Å². The molecule has 11 nitrogen and oxygen atoms in total. The average Bonchev–Trinajstić information content (AvgIpc) is 2.87. The monoisotopic (exact) mass is 499 g/mol. The number of benzene rings is 3. The Bertz CT molecular complexity index is 1340. The number of hydrogen-bond acceptors (Lipinski definition) is 8. The fraction of sp³-hybridized carbons (Fsp3) is 0.130. The number of nitro benzene ring substituents is 1. The quantitative estimate of drug-likeness (QED) is 0.245. The lowest BCUT2D eigenvalue weighted by molar-refractivity contribution is -0.384. The van der Waals surface area contributed by atoms with Crippen molar-refractivity contribution in [3.8, 4) is 5.75 Å². The third-order valence-electron chi connectivity index (χ3n) is 4.70. The fourth-order valence-electron chi connectivity index (χ4n) is 2.94.